The van der Waals surface area contributed by atoms with Crippen LogP contribution >= 0.6 is 11.6 Å². The molecular formula is C21H18ClN5O4. The molecule has 31 heavy (non-hydrogen) atoms. The second-order valence-corrected chi connectivity index (χ2v) is 7.37. The molecule has 0 aliphatic rings. The highest BCUT2D eigenvalue weighted by molar-refractivity contribution is 6.31. The number of aromatic hydroxyl groups is 2. The maximum Gasteiger partial charge on any atom is 0.334 e. The highest BCUT2D eigenvalue weighted by Gasteiger charge is 2.12. The van der Waals surface area contributed by atoms with Crippen molar-refractivity contribution in [3.05, 3.63) is 79.6 Å². The monoisotopic (exact) mass is 439 g/mol. The van der Waals surface area contributed by atoms with Gasteiger partial charge < -0.3 is 15.5 Å². The minimum Gasteiger partial charge on any atom is -0.504 e. The van der Waals surface area contributed by atoms with Crippen LogP contribution in [0.25, 0.3) is 16.7 Å². The predicted octanol–water partition coefficient (Wildman–Crippen LogP) is 2.50. The third-order valence-electron chi connectivity index (χ3n) is 4.79. The van der Waals surface area contributed by atoms with Crippen LogP contribution in [0.5, 0.6) is 11.5 Å². The summed E-state index contributed by atoms with van der Waals surface area (Å²) in [6.07, 6.45) is 1.89. The van der Waals surface area contributed by atoms with Crippen LogP contribution < -0.4 is 16.6 Å². The van der Waals surface area contributed by atoms with Gasteiger partial charge in [0, 0.05) is 17.8 Å². The SMILES string of the molecule is Cc1cc(-n2c(=O)[nH]c3nc(NCCc4ccc(O)c(O)c4)ncc3c2=O)ccc1Cl. The number of halogens is 1. The summed E-state index contributed by atoms with van der Waals surface area (Å²) in [7, 11) is 0. The molecule has 0 radical (unpaired) electrons. The molecule has 0 aliphatic carbocycles. The van der Waals surface area contributed by atoms with Gasteiger partial charge in [-0.05, 0) is 54.8 Å². The van der Waals surface area contributed by atoms with E-state index in [4.69, 9.17) is 11.6 Å². The summed E-state index contributed by atoms with van der Waals surface area (Å²) < 4.78 is 1.01. The van der Waals surface area contributed by atoms with Crippen molar-refractivity contribution in [2.24, 2.45) is 0 Å². The minimum absolute atomic E-state index is 0.122. The van der Waals surface area contributed by atoms with E-state index in [0.717, 1.165) is 15.7 Å². The molecule has 4 rings (SSSR count). The van der Waals surface area contributed by atoms with E-state index >= 15 is 0 Å². The lowest BCUT2D eigenvalue weighted by Gasteiger charge is -2.09. The molecule has 2 aromatic carbocycles. The molecule has 9 nitrogen and oxygen atoms in total. The molecule has 0 fully saturated rings. The van der Waals surface area contributed by atoms with Crippen LogP contribution in [0.15, 0.2) is 52.2 Å². The number of nitrogens with one attached hydrogen (secondary N) is 2. The van der Waals surface area contributed by atoms with Crippen LogP contribution in [0, 0.1) is 6.92 Å². The molecule has 2 heterocycles. The molecule has 4 aromatic rings. The van der Waals surface area contributed by atoms with Gasteiger partial charge in [0.25, 0.3) is 5.56 Å². The van der Waals surface area contributed by atoms with E-state index in [9.17, 15) is 19.8 Å². The first-order chi connectivity index (χ1) is 14.8. The Morgan fingerprint density at radius 2 is 1.94 bits per heavy atom. The van der Waals surface area contributed by atoms with E-state index in [-0.39, 0.29) is 28.5 Å². The number of fused-ring (bicyclic) bond motifs is 1. The van der Waals surface area contributed by atoms with Crippen LogP contribution in [0.3, 0.4) is 0 Å². The predicted molar refractivity (Wildman–Crippen MR) is 117 cm³/mol. The third-order valence-corrected chi connectivity index (χ3v) is 5.21. The number of aryl methyl sites for hydroxylation is 1. The van der Waals surface area contributed by atoms with Crippen LogP contribution in [-0.4, -0.2) is 36.3 Å². The van der Waals surface area contributed by atoms with Crippen molar-refractivity contribution in [3.8, 4) is 17.2 Å². The summed E-state index contributed by atoms with van der Waals surface area (Å²) in [5.41, 5.74) is 0.905. The van der Waals surface area contributed by atoms with Crippen molar-refractivity contribution in [2.75, 3.05) is 11.9 Å². The number of nitrogens with zero attached hydrogens (tertiary/aromatic N) is 3. The number of aromatic nitrogens is 4. The van der Waals surface area contributed by atoms with E-state index in [0.29, 0.717) is 23.7 Å². The van der Waals surface area contributed by atoms with E-state index in [2.05, 4.69) is 20.3 Å². The molecule has 0 spiro atoms. The molecule has 0 aliphatic heterocycles. The fraction of sp³-hybridized carbons (Fsp3) is 0.143. The van der Waals surface area contributed by atoms with Crippen LogP contribution in [0.4, 0.5) is 5.95 Å². The highest BCUT2D eigenvalue weighted by Crippen LogP contribution is 2.25. The number of hydrogen-bond acceptors (Lipinski definition) is 7. The summed E-state index contributed by atoms with van der Waals surface area (Å²) in [6, 6.07) is 9.44. The molecule has 0 saturated carbocycles. The van der Waals surface area contributed by atoms with Crippen molar-refractivity contribution in [3.63, 3.8) is 0 Å². The number of hydrogen-bond donors (Lipinski definition) is 4. The van der Waals surface area contributed by atoms with Crippen molar-refractivity contribution >= 4 is 28.6 Å². The Labute approximate surface area is 180 Å². The lowest BCUT2D eigenvalue weighted by Crippen LogP contribution is -2.34. The van der Waals surface area contributed by atoms with Crippen molar-refractivity contribution < 1.29 is 10.2 Å². The quantitative estimate of drug-likeness (QED) is 0.351. The van der Waals surface area contributed by atoms with E-state index in [1.165, 1.54) is 18.3 Å². The van der Waals surface area contributed by atoms with E-state index < -0.39 is 11.2 Å². The first kappa shape index (κ1) is 20.4. The van der Waals surface area contributed by atoms with Gasteiger partial charge in [-0.15, -0.1) is 0 Å². The standard InChI is InChI=1S/C21H18ClN5O4/c1-11-8-13(3-4-15(11)22)27-19(30)14-10-24-20(25-18(14)26-21(27)31)23-7-6-12-2-5-16(28)17(29)9-12/h2-5,8-10,28-29H,6-7H2,1H3,(H2,23,24,25,26,31). The largest absolute Gasteiger partial charge is 0.504 e. The normalized spacial score (nSPS) is 11.0. The number of H-pyrrole nitrogens is 1. The summed E-state index contributed by atoms with van der Waals surface area (Å²) in [5.74, 6) is -0.132. The number of benzene rings is 2. The maximum absolute atomic E-state index is 12.9. The number of anilines is 1. The van der Waals surface area contributed by atoms with Gasteiger partial charge in [0.15, 0.2) is 17.1 Å². The summed E-state index contributed by atoms with van der Waals surface area (Å²) in [5, 5.41) is 22.6. The van der Waals surface area contributed by atoms with E-state index in [1.54, 1.807) is 31.2 Å². The molecular weight excluding hydrogens is 422 g/mol. The van der Waals surface area contributed by atoms with Crippen LogP contribution in [0.2, 0.25) is 5.02 Å². The lowest BCUT2D eigenvalue weighted by atomic mass is 10.1. The van der Waals surface area contributed by atoms with Gasteiger partial charge in [0.1, 0.15) is 5.39 Å². The highest BCUT2D eigenvalue weighted by atomic mass is 35.5. The van der Waals surface area contributed by atoms with Crippen LogP contribution in [-0.2, 0) is 6.42 Å². The van der Waals surface area contributed by atoms with E-state index in [1.807, 2.05) is 0 Å². The molecule has 0 unspecified atom stereocenters. The number of rotatable bonds is 5. The second-order valence-electron chi connectivity index (χ2n) is 6.96. The molecule has 0 amide bonds. The molecule has 4 N–H and O–H groups in total. The van der Waals surface area contributed by atoms with Gasteiger partial charge in [0.05, 0.1) is 5.69 Å². The summed E-state index contributed by atoms with van der Waals surface area (Å²) >= 11 is 6.03. The molecule has 0 saturated heterocycles. The maximum atomic E-state index is 12.9. The summed E-state index contributed by atoms with van der Waals surface area (Å²) in [4.78, 5) is 36.5. The first-order valence-corrected chi connectivity index (χ1v) is 9.74. The second kappa shape index (κ2) is 8.11. The lowest BCUT2D eigenvalue weighted by molar-refractivity contribution is 0.403. The fourth-order valence-electron chi connectivity index (χ4n) is 3.13. The Balaban J connectivity index is 1.59. The average molecular weight is 440 g/mol. The Bertz CT molecular complexity index is 1410. The minimum atomic E-state index is -0.622. The zero-order chi connectivity index (χ0) is 22.1. The van der Waals surface area contributed by atoms with Crippen molar-refractivity contribution in [1.29, 1.82) is 0 Å². The van der Waals surface area contributed by atoms with Crippen molar-refractivity contribution in [2.45, 2.75) is 13.3 Å². The van der Waals surface area contributed by atoms with Gasteiger partial charge in [-0.2, -0.15) is 4.98 Å². The fourth-order valence-corrected chi connectivity index (χ4v) is 3.25. The number of phenolic OH excluding ortho intramolecular Hbond substituents is 2. The Morgan fingerprint density at radius 3 is 2.68 bits per heavy atom. The van der Waals surface area contributed by atoms with Crippen molar-refractivity contribution in [1.82, 2.24) is 19.5 Å². The average Bonchev–Trinajstić information content (AvgIpc) is 2.73. The Kier molecular flexibility index (Phi) is 5.35. The van der Waals surface area contributed by atoms with Gasteiger partial charge in [0.2, 0.25) is 5.95 Å². The Hall–Kier alpha value is -3.85. The number of phenols is 2. The molecule has 0 atom stereocenters. The first-order valence-electron chi connectivity index (χ1n) is 9.37. The molecule has 10 heteroatoms. The van der Waals surface area contributed by atoms with Gasteiger partial charge in [-0.25, -0.2) is 14.3 Å². The van der Waals surface area contributed by atoms with Gasteiger partial charge in [-0.1, -0.05) is 17.7 Å². The van der Waals surface area contributed by atoms with Gasteiger partial charge >= 0.3 is 5.69 Å². The van der Waals surface area contributed by atoms with Gasteiger partial charge in [-0.3, -0.25) is 9.78 Å². The van der Waals surface area contributed by atoms with Crippen LogP contribution in [0.1, 0.15) is 11.1 Å². The third kappa shape index (κ3) is 4.08. The zero-order valence-corrected chi connectivity index (χ0v) is 17.1. The summed E-state index contributed by atoms with van der Waals surface area (Å²) in [6.45, 7) is 2.22. The molecule has 158 valence electrons. The Morgan fingerprint density at radius 1 is 1.13 bits per heavy atom. The topological polar surface area (TPSA) is 133 Å². The molecule has 0 bridgehead atoms. The smallest absolute Gasteiger partial charge is 0.334 e. The number of aromatic amines is 1. The zero-order valence-electron chi connectivity index (χ0n) is 16.4. The molecule has 2 aromatic heterocycles.